The fraction of sp³-hybridized carbons (Fsp3) is 0.520. The van der Waals surface area contributed by atoms with Gasteiger partial charge in [-0.1, -0.05) is 0 Å². The van der Waals surface area contributed by atoms with Crippen LogP contribution in [-0.4, -0.2) is 63.0 Å². The molecule has 0 spiro atoms. The van der Waals surface area contributed by atoms with Crippen LogP contribution in [0.5, 0.6) is 34.5 Å². The minimum atomic E-state index is -1.03. The highest BCUT2D eigenvalue weighted by Crippen LogP contribution is 2.56. The summed E-state index contributed by atoms with van der Waals surface area (Å²) in [6, 6.07) is 7.56. The summed E-state index contributed by atoms with van der Waals surface area (Å²) in [5.41, 5.74) is 1.69. The van der Waals surface area contributed by atoms with Gasteiger partial charge in [-0.25, -0.2) is 0 Å². The van der Waals surface area contributed by atoms with Crippen molar-refractivity contribution in [1.82, 2.24) is 0 Å². The molecule has 2 aromatic carbocycles. The lowest BCUT2D eigenvalue weighted by atomic mass is 9.82. The average molecular weight is 477 g/mol. The van der Waals surface area contributed by atoms with Crippen LogP contribution in [-0.2, 0) is 20.0 Å². The lowest BCUT2D eigenvalue weighted by molar-refractivity contribution is -0.230. The summed E-state index contributed by atoms with van der Waals surface area (Å²) in [6.45, 7) is 0.882. The van der Waals surface area contributed by atoms with Crippen LogP contribution in [0.1, 0.15) is 17.2 Å². The van der Waals surface area contributed by atoms with E-state index in [0.29, 0.717) is 47.7 Å². The second kappa shape index (κ2) is 9.77. The number of hydrogen-bond acceptors (Lipinski definition) is 9. The molecule has 0 aliphatic carbocycles. The molecule has 0 N–H and O–H groups in total. The summed E-state index contributed by atoms with van der Waals surface area (Å²) in [4.78, 5) is 0. The maximum atomic E-state index is 6.38. The Morgan fingerprint density at radius 1 is 0.676 bits per heavy atom. The van der Waals surface area contributed by atoms with Crippen molar-refractivity contribution in [2.24, 2.45) is 11.8 Å². The third-order valence-corrected chi connectivity index (χ3v) is 6.73. The van der Waals surface area contributed by atoms with Crippen LogP contribution in [0.15, 0.2) is 24.3 Å². The Labute approximate surface area is 199 Å². The normalized spacial score (nSPS) is 25.6. The lowest BCUT2D eigenvalue weighted by Crippen LogP contribution is -2.36. The first-order valence-electron chi connectivity index (χ1n) is 10.9. The van der Waals surface area contributed by atoms with E-state index >= 15 is 0 Å². The zero-order valence-electron chi connectivity index (χ0n) is 20.6. The molecular weight excluding hydrogens is 444 g/mol. The Balaban J connectivity index is 1.73. The molecule has 2 saturated heterocycles. The van der Waals surface area contributed by atoms with Gasteiger partial charge < -0.3 is 42.6 Å². The molecule has 2 aliphatic heterocycles. The Hall–Kier alpha value is -2.88. The Morgan fingerprint density at radius 2 is 1.18 bits per heavy atom. The topological polar surface area (TPSA) is 83.1 Å². The highest BCUT2D eigenvalue weighted by atomic mass is 16.7. The van der Waals surface area contributed by atoms with Crippen LogP contribution in [0, 0.1) is 11.8 Å². The smallest absolute Gasteiger partial charge is 0.203 e. The molecule has 0 aromatic heterocycles. The number of methoxy groups -OCH3 is 7. The molecule has 2 aromatic rings. The predicted molar refractivity (Wildman–Crippen MR) is 123 cm³/mol. The molecule has 34 heavy (non-hydrogen) atoms. The van der Waals surface area contributed by atoms with Crippen molar-refractivity contribution in [2.75, 3.05) is 63.0 Å². The average Bonchev–Trinajstić information content (AvgIpc) is 3.47. The lowest BCUT2D eigenvalue weighted by Gasteiger charge is -2.33. The van der Waals surface area contributed by atoms with E-state index in [1.807, 2.05) is 24.3 Å². The van der Waals surface area contributed by atoms with Gasteiger partial charge in [0, 0.05) is 24.5 Å². The molecule has 0 saturated carbocycles. The van der Waals surface area contributed by atoms with Crippen molar-refractivity contribution >= 4 is 0 Å². The molecule has 2 heterocycles. The standard InChI is InChI=1S/C25H32O9/c1-26-18-8-14(9-19(27-2)23(18)30-5)22-16-12-34-25(32-7,17(16)13-33-22)15-10-20(28-3)24(31-6)21(11-15)29-4/h8-11,16-17,22H,12-13H2,1-7H3/t16-,17-,22+,25-/m0/s1. The summed E-state index contributed by atoms with van der Waals surface area (Å²) in [5, 5.41) is 0. The summed E-state index contributed by atoms with van der Waals surface area (Å²) in [6.07, 6.45) is -0.238. The van der Waals surface area contributed by atoms with Gasteiger partial charge in [0.25, 0.3) is 0 Å². The molecule has 0 radical (unpaired) electrons. The first kappa shape index (κ1) is 24.3. The summed E-state index contributed by atoms with van der Waals surface area (Å²) < 4.78 is 51.9. The first-order valence-corrected chi connectivity index (χ1v) is 10.9. The van der Waals surface area contributed by atoms with E-state index in [1.165, 1.54) is 0 Å². The Kier molecular flexibility index (Phi) is 6.97. The quantitative estimate of drug-likeness (QED) is 0.539. The van der Waals surface area contributed by atoms with E-state index in [1.54, 1.807) is 49.8 Å². The molecule has 2 fully saturated rings. The predicted octanol–water partition coefficient (Wildman–Crippen LogP) is 3.57. The first-order chi connectivity index (χ1) is 16.5. The van der Waals surface area contributed by atoms with Crippen molar-refractivity contribution in [3.05, 3.63) is 35.4 Å². The van der Waals surface area contributed by atoms with E-state index in [-0.39, 0.29) is 17.9 Å². The van der Waals surface area contributed by atoms with Gasteiger partial charge in [-0.05, 0) is 29.8 Å². The van der Waals surface area contributed by atoms with Gasteiger partial charge in [-0.3, -0.25) is 0 Å². The SMILES string of the molecule is COc1cc([C@H]2OC[C@H]3[C@@H]2CO[C@@]3(OC)c2cc(OC)c(OC)c(OC)c2)cc(OC)c1OC. The summed E-state index contributed by atoms with van der Waals surface area (Å²) in [5.74, 6) is 2.16. The van der Waals surface area contributed by atoms with Crippen molar-refractivity contribution in [2.45, 2.75) is 11.9 Å². The van der Waals surface area contributed by atoms with Gasteiger partial charge in [0.05, 0.1) is 62.0 Å². The van der Waals surface area contributed by atoms with Gasteiger partial charge in [-0.2, -0.15) is 0 Å². The monoisotopic (exact) mass is 476 g/mol. The molecule has 4 rings (SSSR count). The molecule has 0 amide bonds. The highest BCUT2D eigenvalue weighted by Gasteiger charge is 2.58. The van der Waals surface area contributed by atoms with E-state index in [9.17, 15) is 0 Å². The number of ether oxygens (including phenoxy) is 9. The van der Waals surface area contributed by atoms with Crippen LogP contribution in [0.25, 0.3) is 0 Å². The molecule has 4 atom stereocenters. The van der Waals surface area contributed by atoms with E-state index in [0.717, 1.165) is 11.1 Å². The van der Waals surface area contributed by atoms with Gasteiger partial charge in [-0.15, -0.1) is 0 Å². The largest absolute Gasteiger partial charge is 0.493 e. The molecule has 2 aliphatic rings. The van der Waals surface area contributed by atoms with Crippen molar-refractivity contribution in [1.29, 1.82) is 0 Å². The fourth-order valence-corrected chi connectivity index (χ4v) is 5.10. The van der Waals surface area contributed by atoms with E-state index < -0.39 is 5.79 Å². The third kappa shape index (κ3) is 3.68. The van der Waals surface area contributed by atoms with Gasteiger partial charge in [0.15, 0.2) is 28.8 Å². The van der Waals surface area contributed by atoms with E-state index in [2.05, 4.69) is 0 Å². The second-order valence-electron chi connectivity index (χ2n) is 8.08. The Bertz CT molecular complexity index is 973. The zero-order chi connectivity index (χ0) is 24.5. The van der Waals surface area contributed by atoms with Crippen LogP contribution in [0.2, 0.25) is 0 Å². The minimum absolute atomic E-state index is 0.0295. The van der Waals surface area contributed by atoms with Crippen molar-refractivity contribution in [3.63, 3.8) is 0 Å². The number of benzene rings is 2. The molecular formula is C25H32O9. The van der Waals surface area contributed by atoms with Crippen molar-refractivity contribution in [3.8, 4) is 34.5 Å². The summed E-state index contributed by atoms with van der Waals surface area (Å²) >= 11 is 0. The third-order valence-electron chi connectivity index (χ3n) is 6.73. The van der Waals surface area contributed by atoms with Crippen molar-refractivity contribution < 1.29 is 42.6 Å². The number of fused-ring (bicyclic) bond motifs is 1. The van der Waals surface area contributed by atoms with Crippen LogP contribution >= 0.6 is 0 Å². The molecule has 186 valence electrons. The molecule has 9 heteroatoms. The fourth-order valence-electron chi connectivity index (χ4n) is 5.10. The van der Waals surface area contributed by atoms with Crippen LogP contribution < -0.4 is 28.4 Å². The van der Waals surface area contributed by atoms with Gasteiger partial charge in [0.1, 0.15) is 0 Å². The second-order valence-corrected chi connectivity index (χ2v) is 8.08. The van der Waals surface area contributed by atoms with Crippen LogP contribution in [0.3, 0.4) is 0 Å². The van der Waals surface area contributed by atoms with Gasteiger partial charge in [0.2, 0.25) is 11.5 Å². The minimum Gasteiger partial charge on any atom is -0.493 e. The summed E-state index contributed by atoms with van der Waals surface area (Å²) in [7, 11) is 11.1. The maximum absolute atomic E-state index is 6.38. The van der Waals surface area contributed by atoms with E-state index in [4.69, 9.17) is 42.6 Å². The number of hydrogen-bond donors (Lipinski definition) is 0. The maximum Gasteiger partial charge on any atom is 0.203 e. The number of rotatable bonds is 9. The molecule has 0 unspecified atom stereocenters. The highest BCUT2D eigenvalue weighted by molar-refractivity contribution is 5.56. The molecule has 9 nitrogen and oxygen atoms in total. The molecule has 0 bridgehead atoms. The van der Waals surface area contributed by atoms with Gasteiger partial charge >= 0.3 is 0 Å². The zero-order valence-corrected chi connectivity index (χ0v) is 20.6. The van der Waals surface area contributed by atoms with Crippen LogP contribution in [0.4, 0.5) is 0 Å². The Morgan fingerprint density at radius 3 is 1.62 bits per heavy atom.